The van der Waals surface area contributed by atoms with Gasteiger partial charge < -0.3 is 9.80 Å². The minimum Gasteiger partial charge on any atom is -0.311 e. The Morgan fingerprint density at radius 2 is 0.810 bits per heavy atom. The molecule has 0 aromatic heterocycles. The van der Waals surface area contributed by atoms with Gasteiger partial charge in [-0.15, -0.1) is 0 Å². The minimum absolute atomic E-state index is 0.664. The minimum atomic E-state index is 0.664. The fourth-order valence-corrected chi connectivity index (χ4v) is 9.04. The van der Waals surface area contributed by atoms with Crippen LogP contribution in [-0.2, 0) is 0 Å². The van der Waals surface area contributed by atoms with E-state index in [1.54, 1.807) is 0 Å². The summed E-state index contributed by atoms with van der Waals surface area (Å²) in [5, 5.41) is 4.85. The highest BCUT2D eigenvalue weighted by molar-refractivity contribution is 6.04. The lowest BCUT2D eigenvalue weighted by Crippen LogP contribution is -2.13. The molecule has 0 amide bonds. The molecule has 9 aromatic carbocycles. The third kappa shape index (κ3) is 7.03. The van der Waals surface area contributed by atoms with E-state index in [1.165, 1.54) is 81.5 Å². The number of benzene rings is 9. The van der Waals surface area contributed by atoms with Crippen molar-refractivity contribution >= 4 is 55.7 Å². The van der Waals surface area contributed by atoms with E-state index in [9.17, 15) is 0 Å². The molecule has 58 heavy (non-hydrogen) atoms. The lowest BCUT2D eigenvalue weighted by molar-refractivity contribution is 0.443. The first-order valence-electron chi connectivity index (χ1n) is 20.8. The molecule has 1 fully saturated rings. The molecule has 0 atom stereocenters. The van der Waals surface area contributed by atoms with Crippen molar-refractivity contribution in [3.63, 3.8) is 0 Å². The Hall–Kier alpha value is -6.90. The zero-order valence-electron chi connectivity index (χ0n) is 32.7. The van der Waals surface area contributed by atoms with Gasteiger partial charge in [-0.25, -0.2) is 0 Å². The van der Waals surface area contributed by atoms with Crippen molar-refractivity contribution in [3.05, 3.63) is 218 Å². The molecule has 0 unspecified atom stereocenters. The van der Waals surface area contributed by atoms with Gasteiger partial charge in [-0.3, -0.25) is 0 Å². The average molecular weight is 747 g/mol. The van der Waals surface area contributed by atoms with E-state index in [1.807, 2.05) is 0 Å². The van der Waals surface area contributed by atoms with E-state index >= 15 is 0 Å². The Morgan fingerprint density at radius 1 is 0.328 bits per heavy atom. The summed E-state index contributed by atoms with van der Waals surface area (Å²) in [4.78, 5) is 4.86. The topological polar surface area (TPSA) is 6.48 Å². The van der Waals surface area contributed by atoms with Gasteiger partial charge in [0.1, 0.15) is 0 Å². The van der Waals surface area contributed by atoms with Crippen molar-refractivity contribution in [2.75, 3.05) is 9.80 Å². The van der Waals surface area contributed by atoms with Crippen molar-refractivity contribution in [1.29, 1.82) is 0 Å². The second-order valence-electron chi connectivity index (χ2n) is 15.6. The van der Waals surface area contributed by atoms with Gasteiger partial charge in [0.25, 0.3) is 0 Å². The van der Waals surface area contributed by atoms with Crippen molar-refractivity contribution in [1.82, 2.24) is 0 Å². The molecule has 0 saturated heterocycles. The third-order valence-corrected chi connectivity index (χ3v) is 12.0. The third-order valence-electron chi connectivity index (χ3n) is 12.0. The Balaban J connectivity index is 1.11. The first-order valence-corrected chi connectivity index (χ1v) is 20.8. The van der Waals surface area contributed by atoms with Crippen LogP contribution in [0, 0.1) is 0 Å². The zero-order valence-corrected chi connectivity index (χ0v) is 32.7. The van der Waals surface area contributed by atoms with Crippen LogP contribution in [-0.4, -0.2) is 0 Å². The standard InChI is InChI=1S/C56H46N2/c1-4-15-41(16-5-1)43-27-31-49(32-28-43)57(50-33-29-44(30-34-50)42-17-6-2-7-18-42)51-35-37-52(38-36-51)58(55-26-14-24-45-21-12-13-25-53(45)55)56-40-48-23-11-10-22-47(48)39-54(56)46-19-8-3-9-20-46/h1,3-5,8-16,19-40,42H,2,6-7,17-18H2. The van der Waals surface area contributed by atoms with E-state index in [0.717, 1.165) is 34.1 Å². The highest BCUT2D eigenvalue weighted by atomic mass is 15.2. The molecule has 0 bridgehead atoms. The molecular formula is C56H46N2. The van der Waals surface area contributed by atoms with Crippen LogP contribution in [0.25, 0.3) is 43.8 Å². The van der Waals surface area contributed by atoms with Crippen LogP contribution < -0.4 is 9.80 Å². The number of fused-ring (bicyclic) bond motifs is 2. The number of anilines is 6. The predicted molar refractivity (Wildman–Crippen MR) is 248 cm³/mol. The van der Waals surface area contributed by atoms with Gasteiger partial charge in [-0.1, -0.05) is 165 Å². The van der Waals surface area contributed by atoms with E-state index in [2.05, 4.69) is 222 Å². The number of rotatable bonds is 9. The molecular weight excluding hydrogens is 701 g/mol. The van der Waals surface area contributed by atoms with Crippen molar-refractivity contribution < 1.29 is 0 Å². The molecule has 1 saturated carbocycles. The summed E-state index contributed by atoms with van der Waals surface area (Å²) in [7, 11) is 0. The SMILES string of the molecule is c1ccc(-c2ccc(N(c3ccc(C4CCCCC4)cc3)c3ccc(N(c4cc5ccccc5cc4-c4ccccc4)c4cccc5ccccc45)cc3)cc2)cc1. The Labute approximate surface area is 342 Å². The molecule has 0 aliphatic heterocycles. The van der Waals surface area contributed by atoms with Crippen LogP contribution in [0.1, 0.15) is 43.6 Å². The highest BCUT2D eigenvalue weighted by Gasteiger charge is 2.22. The van der Waals surface area contributed by atoms with Gasteiger partial charge in [0, 0.05) is 33.7 Å². The number of nitrogens with zero attached hydrogens (tertiary/aromatic N) is 2. The van der Waals surface area contributed by atoms with Gasteiger partial charge in [0.2, 0.25) is 0 Å². The Bertz CT molecular complexity index is 2780. The molecule has 9 aromatic rings. The number of hydrogen-bond donors (Lipinski definition) is 0. The van der Waals surface area contributed by atoms with E-state index in [0.29, 0.717) is 5.92 Å². The summed E-state index contributed by atoms with van der Waals surface area (Å²) in [5.41, 5.74) is 13.1. The predicted octanol–water partition coefficient (Wildman–Crippen LogP) is 16.3. The molecule has 2 nitrogen and oxygen atoms in total. The molecule has 0 N–H and O–H groups in total. The first-order chi connectivity index (χ1) is 28.8. The van der Waals surface area contributed by atoms with Gasteiger partial charge >= 0.3 is 0 Å². The van der Waals surface area contributed by atoms with Crippen LogP contribution in [0.2, 0.25) is 0 Å². The summed E-state index contributed by atoms with van der Waals surface area (Å²) >= 11 is 0. The summed E-state index contributed by atoms with van der Waals surface area (Å²) in [6.07, 6.45) is 6.62. The van der Waals surface area contributed by atoms with Gasteiger partial charge in [-0.2, -0.15) is 0 Å². The highest BCUT2D eigenvalue weighted by Crippen LogP contribution is 2.46. The summed E-state index contributed by atoms with van der Waals surface area (Å²) in [6, 6.07) is 77.8. The quantitative estimate of drug-likeness (QED) is 0.145. The largest absolute Gasteiger partial charge is 0.311 e. The lowest BCUT2D eigenvalue weighted by atomic mass is 9.84. The van der Waals surface area contributed by atoms with Gasteiger partial charge in [-0.05, 0) is 124 Å². The second-order valence-corrected chi connectivity index (χ2v) is 15.6. The van der Waals surface area contributed by atoms with Crippen molar-refractivity contribution in [2.24, 2.45) is 0 Å². The maximum Gasteiger partial charge on any atom is 0.0546 e. The second kappa shape index (κ2) is 15.9. The van der Waals surface area contributed by atoms with Crippen molar-refractivity contribution in [3.8, 4) is 22.3 Å². The summed E-state index contributed by atoms with van der Waals surface area (Å²) in [6.45, 7) is 0. The molecule has 1 aliphatic carbocycles. The van der Waals surface area contributed by atoms with Crippen LogP contribution >= 0.6 is 0 Å². The normalized spacial score (nSPS) is 13.1. The summed E-state index contributed by atoms with van der Waals surface area (Å²) < 4.78 is 0. The fraction of sp³-hybridized carbons (Fsp3) is 0.107. The Morgan fingerprint density at radius 3 is 1.47 bits per heavy atom. The number of hydrogen-bond acceptors (Lipinski definition) is 2. The maximum atomic E-state index is 2.46. The van der Waals surface area contributed by atoms with Crippen LogP contribution in [0.5, 0.6) is 0 Å². The molecule has 0 heterocycles. The molecule has 2 heteroatoms. The monoisotopic (exact) mass is 746 g/mol. The maximum absolute atomic E-state index is 2.46. The van der Waals surface area contributed by atoms with Crippen molar-refractivity contribution in [2.45, 2.75) is 38.0 Å². The fourth-order valence-electron chi connectivity index (χ4n) is 9.04. The first kappa shape index (κ1) is 35.5. The van der Waals surface area contributed by atoms with Gasteiger partial charge in [0.05, 0.1) is 11.4 Å². The van der Waals surface area contributed by atoms with E-state index in [-0.39, 0.29) is 0 Å². The van der Waals surface area contributed by atoms with Gasteiger partial charge in [0.15, 0.2) is 0 Å². The summed E-state index contributed by atoms with van der Waals surface area (Å²) in [5.74, 6) is 0.664. The molecule has 1 aliphatic rings. The van der Waals surface area contributed by atoms with E-state index in [4.69, 9.17) is 0 Å². The average Bonchev–Trinajstić information content (AvgIpc) is 3.31. The zero-order chi connectivity index (χ0) is 38.7. The Kier molecular flexibility index (Phi) is 9.75. The van der Waals surface area contributed by atoms with E-state index < -0.39 is 0 Å². The van der Waals surface area contributed by atoms with Crippen LogP contribution in [0.4, 0.5) is 34.1 Å². The molecule has 280 valence electrons. The van der Waals surface area contributed by atoms with Crippen LogP contribution in [0.15, 0.2) is 212 Å². The smallest absolute Gasteiger partial charge is 0.0546 e. The molecule has 10 rings (SSSR count). The molecule has 0 radical (unpaired) electrons. The molecule has 0 spiro atoms. The van der Waals surface area contributed by atoms with Crippen LogP contribution in [0.3, 0.4) is 0 Å². The lowest BCUT2D eigenvalue weighted by Gasteiger charge is -2.31.